The lowest BCUT2D eigenvalue weighted by Gasteiger charge is -2.35. The summed E-state index contributed by atoms with van der Waals surface area (Å²) in [5, 5.41) is 14.4. The third kappa shape index (κ3) is 3.46. The molecule has 0 radical (unpaired) electrons. The van der Waals surface area contributed by atoms with E-state index in [-0.39, 0.29) is 18.1 Å². The first-order chi connectivity index (χ1) is 9.91. The topological polar surface area (TPSA) is 58.4 Å². The molecule has 1 saturated carbocycles. The number of carbonyl (C=O) groups is 1. The monoisotopic (exact) mass is 293 g/mol. The zero-order valence-corrected chi connectivity index (χ0v) is 13.6. The van der Waals surface area contributed by atoms with Crippen molar-refractivity contribution < 1.29 is 9.90 Å². The van der Waals surface area contributed by atoms with Gasteiger partial charge in [-0.1, -0.05) is 12.8 Å². The van der Waals surface area contributed by atoms with Gasteiger partial charge in [0.2, 0.25) is 5.91 Å². The van der Waals surface area contributed by atoms with Crippen LogP contribution in [0.4, 0.5) is 0 Å². The summed E-state index contributed by atoms with van der Waals surface area (Å²) in [6, 6.07) is -0.0117. The van der Waals surface area contributed by atoms with Crippen molar-refractivity contribution >= 4 is 5.91 Å². The fraction of sp³-hybridized carbons (Fsp3) is 0.750. The SMILES string of the molecule is Cc1nn(C)c(C)c1CCC(=O)N(C)C1CCCCC1O. The lowest BCUT2D eigenvalue weighted by molar-refractivity contribution is -0.135. The number of nitrogens with zero attached hydrogens (tertiary/aromatic N) is 3. The van der Waals surface area contributed by atoms with Gasteiger partial charge in [-0.3, -0.25) is 9.48 Å². The molecule has 1 N–H and O–H groups in total. The van der Waals surface area contributed by atoms with Crippen LogP contribution in [0.5, 0.6) is 0 Å². The van der Waals surface area contributed by atoms with Crippen LogP contribution >= 0.6 is 0 Å². The van der Waals surface area contributed by atoms with E-state index in [1.54, 1.807) is 4.90 Å². The molecule has 0 aliphatic heterocycles. The summed E-state index contributed by atoms with van der Waals surface area (Å²) in [5.74, 6) is 0.114. The Labute approximate surface area is 126 Å². The Kier molecular flexibility index (Phi) is 5.04. The average molecular weight is 293 g/mol. The number of hydrogen-bond donors (Lipinski definition) is 1. The Bertz CT molecular complexity index is 510. The van der Waals surface area contributed by atoms with Gasteiger partial charge in [0.25, 0.3) is 0 Å². The molecule has 5 heteroatoms. The first-order valence-electron chi connectivity index (χ1n) is 7.84. The van der Waals surface area contributed by atoms with Crippen LogP contribution in [-0.4, -0.2) is 44.9 Å². The van der Waals surface area contributed by atoms with Crippen molar-refractivity contribution in [2.24, 2.45) is 7.05 Å². The molecular formula is C16H27N3O2. The van der Waals surface area contributed by atoms with Crippen molar-refractivity contribution in [2.75, 3.05) is 7.05 Å². The number of aliphatic hydroxyl groups excluding tert-OH is 1. The molecule has 0 spiro atoms. The van der Waals surface area contributed by atoms with Gasteiger partial charge in [-0.25, -0.2) is 0 Å². The number of rotatable bonds is 4. The Morgan fingerprint density at radius 2 is 2.05 bits per heavy atom. The van der Waals surface area contributed by atoms with Gasteiger partial charge in [0.1, 0.15) is 0 Å². The standard InChI is InChI=1S/C16H27N3O2/c1-11-13(12(2)19(4)17-11)9-10-16(21)18(3)14-7-5-6-8-15(14)20/h14-15,20H,5-10H2,1-4H3. The van der Waals surface area contributed by atoms with Crippen molar-refractivity contribution in [1.82, 2.24) is 14.7 Å². The van der Waals surface area contributed by atoms with Crippen molar-refractivity contribution in [3.05, 3.63) is 17.0 Å². The molecule has 5 nitrogen and oxygen atoms in total. The summed E-state index contributed by atoms with van der Waals surface area (Å²) in [6.07, 6.45) is 4.71. The van der Waals surface area contributed by atoms with E-state index >= 15 is 0 Å². The highest BCUT2D eigenvalue weighted by molar-refractivity contribution is 5.76. The van der Waals surface area contributed by atoms with Gasteiger partial charge in [-0.05, 0) is 38.7 Å². The van der Waals surface area contributed by atoms with E-state index in [0.29, 0.717) is 6.42 Å². The lowest BCUT2D eigenvalue weighted by atomic mass is 9.91. The molecule has 0 aromatic carbocycles. The fourth-order valence-electron chi connectivity index (χ4n) is 3.32. The van der Waals surface area contributed by atoms with Crippen molar-refractivity contribution in [2.45, 2.75) is 64.5 Å². The Hall–Kier alpha value is -1.36. The second kappa shape index (κ2) is 6.60. The minimum Gasteiger partial charge on any atom is -0.391 e. The van der Waals surface area contributed by atoms with E-state index in [4.69, 9.17) is 0 Å². The van der Waals surface area contributed by atoms with E-state index in [9.17, 15) is 9.90 Å². The number of likely N-dealkylation sites (N-methyl/N-ethyl adjacent to an activating group) is 1. The van der Waals surface area contributed by atoms with Crippen LogP contribution in [0.1, 0.15) is 49.1 Å². The predicted octanol–water partition coefficient (Wildman–Crippen LogP) is 1.73. The van der Waals surface area contributed by atoms with Crippen LogP contribution in [0.25, 0.3) is 0 Å². The van der Waals surface area contributed by atoms with Crippen LogP contribution in [0, 0.1) is 13.8 Å². The number of hydrogen-bond acceptors (Lipinski definition) is 3. The van der Waals surface area contributed by atoms with Gasteiger partial charge in [-0.15, -0.1) is 0 Å². The summed E-state index contributed by atoms with van der Waals surface area (Å²) >= 11 is 0. The van der Waals surface area contributed by atoms with Gasteiger partial charge in [0.15, 0.2) is 0 Å². The van der Waals surface area contributed by atoms with Crippen LogP contribution in [-0.2, 0) is 18.3 Å². The highest BCUT2D eigenvalue weighted by atomic mass is 16.3. The molecule has 1 amide bonds. The largest absolute Gasteiger partial charge is 0.391 e. The maximum Gasteiger partial charge on any atom is 0.222 e. The summed E-state index contributed by atoms with van der Waals surface area (Å²) in [5.41, 5.74) is 3.30. The zero-order valence-electron chi connectivity index (χ0n) is 13.6. The number of aryl methyl sites for hydroxylation is 2. The molecule has 1 aromatic heterocycles. The summed E-state index contributed by atoms with van der Waals surface area (Å²) in [4.78, 5) is 14.1. The van der Waals surface area contributed by atoms with Gasteiger partial charge in [-0.2, -0.15) is 5.10 Å². The van der Waals surface area contributed by atoms with E-state index in [2.05, 4.69) is 5.10 Å². The molecule has 1 aliphatic rings. The van der Waals surface area contributed by atoms with Crippen LogP contribution in [0.3, 0.4) is 0 Å². The van der Waals surface area contributed by atoms with E-state index in [1.807, 2.05) is 32.6 Å². The number of amides is 1. The van der Waals surface area contributed by atoms with Crippen molar-refractivity contribution in [3.63, 3.8) is 0 Å². The first-order valence-corrected chi connectivity index (χ1v) is 7.84. The van der Waals surface area contributed by atoms with Gasteiger partial charge < -0.3 is 10.0 Å². The molecule has 1 heterocycles. The van der Waals surface area contributed by atoms with Crippen molar-refractivity contribution in [3.8, 4) is 0 Å². The third-order valence-corrected chi connectivity index (χ3v) is 4.83. The lowest BCUT2D eigenvalue weighted by Crippen LogP contribution is -2.46. The van der Waals surface area contributed by atoms with E-state index < -0.39 is 0 Å². The summed E-state index contributed by atoms with van der Waals surface area (Å²) < 4.78 is 1.86. The Morgan fingerprint density at radius 1 is 1.38 bits per heavy atom. The van der Waals surface area contributed by atoms with E-state index in [0.717, 1.165) is 43.5 Å². The molecule has 1 aliphatic carbocycles. The van der Waals surface area contributed by atoms with Gasteiger partial charge in [0.05, 0.1) is 17.8 Å². The maximum absolute atomic E-state index is 12.4. The summed E-state index contributed by atoms with van der Waals surface area (Å²) in [6.45, 7) is 4.02. The quantitative estimate of drug-likeness (QED) is 0.920. The molecule has 1 fully saturated rings. The van der Waals surface area contributed by atoms with Crippen LogP contribution in [0.15, 0.2) is 0 Å². The highest BCUT2D eigenvalue weighted by Gasteiger charge is 2.29. The number of carbonyl (C=O) groups excluding carboxylic acids is 1. The second-order valence-corrected chi connectivity index (χ2v) is 6.20. The maximum atomic E-state index is 12.4. The predicted molar refractivity (Wildman–Crippen MR) is 82.0 cm³/mol. The number of aromatic nitrogens is 2. The first kappa shape index (κ1) is 16.0. The molecule has 2 rings (SSSR count). The molecule has 2 atom stereocenters. The second-order valence-electron chi connectivity index (χ2n) is 6.20. The molecule has 0 bridgehead atoms. The molecule has 1 aromatic rings. The third-order valence-electron chi connectivity index (χ3n) is 4.83. The van der Waals surface area contributed by atoms with Crippen LogP contribution < -0.4 is 0 Å². The minimum atomic E-state index is -0.366. The van der Waals surface area contributed by atoms with E-state index in [1.165, 1.54) is 5.56 Å². The average Bonchev–Trinajstić information content (AvgIpc) is 2.69. The highest BCUT2D eigenvalue weighted by Crippen LogP contribution is 2.23. The summed E-state index contributed by atoms with van der Waals surface area (Å²) in [7, 11) is 3.75. The molecule has 118 valence electrons. The Morgan fingerprint density at radius 3 is 2.62 bits per heavy atom. The molecule has 2 unspecified atom stereocenters. The number of aliphatic hydroxyl groups is 1. The van der Waals surface area contributed by atoms with Gasteiger partial charge >= 0.3 is 0 Å². The molecular weight excluding hydrogens is 266 g/mol. The normalized spacial score (nSPS) is 22.3. The molecule has 0 saturated heterocycles. The smallest absolute Gasteiger partial charge is 0.222 e. The molecule has 21 heavy (non-hydrogen) atoms. The minimum absolute atomic E-state index is 0.0117. The Balaban J connectivity index is 1.94. The fourth-order valence-corrected chi connectivity index (χ4v) is 3.32. The van der Waals surface area contributed by atoms with Gasteiger partial charge in [0, 0.05) is 26.2 Å². The zero-order chi connectivity index (χ0) is 15.6. The van der Waals surface area contributed by atoms with Crippen molar-refractivity contribution in [1.29, 1.82) is 0 Å². The van der Waals surface area contributed by atoms with Crippen LogP contribution in [0.2, 0.25) is 0 Å².